The summed E-state index contributed by atoms with van der Waals surface area (Å²) in [4.78, 5) is 5.29. The number of hydrogen-bond acceptors (Lipinski definition) is 5. The predicted molar refractivity (Wildman–Crippen MR) is 82.9 cm³/mol. The molecule has 8 heteroatoms. The minimum Gasteiger partial charge on any atom is -0.326 e. The molecule has 2 aromatic rings. The molecular weight excluding hydrogens is 362 g/mol. The van der Waals surface area contributed by atoms with Gasteiger partial charge in [-0.05, 0) is 41.1 Å². The number of rotatable bonds is 5. The van der Waals surface area contributed by atoms with Crippen LogP contribution in [-0.2, 0) is 23.1 Å². The Bertz CT molecular complexity index is 713. The Balaban J connectivity index is 2.17. The van der Waals surface area contributed by atoms with Crippen molar-refractivity contribution < 1.29 is 8.42 Å². The molecule has 0 aliphatic heterocycles. The SMILES string of the molecule is Cc1cccc(CNS(=O)(=O)c2cc(CN)sc2Br)n1. The number of nitrogens with two attached hydrogens (primary N) is 1. The molecule has 0 fully saturated rings. The fourth-order valence-corrected chi connectivity index (χ4v) is 5.18. The molecule has 2 rings (SSSR count). The van der Waals surface area contributed by atoms with Gasteiger partial charge in [-0.15, -0.1) is 11.3 Å². The Hall–Kier alpha value is -0.800. The van der Waals surface area contributed by atoms with Crippen LogP contribution in [0.15, 0.2) is 32.9 Å². The van der Waals surface area contributed by atoms with Crippen LogP contribution in [0, 0.1) is 6.92 Å². The summed E-state index contributed by atoms with van der Waals surface area (Å²) in [5, 5.41) is 0. The molecule has 20 heavy (non-hydrogen) atoms. The summed E-state index contributed by atoms with van der Waals surface area (Å²) in [7, 11) is -3.57. The highest BCUT2D eigenvalue weighted by atomic mass is 79.9. The van der Waals surface area contributed by atoms with Crippen LogP contribution in [0.1, 0.15) is 16.3 Å². The van der Waals surface area contributed by atoms with E-state index in [1.54, 1.807) is 12.1 Å². The van der Waals surface area contributed by atoms with E-state index in [1.165, 1.54) is 11.3 Å². The van der Waals surface area contributed by atoms with Crippen molar-refractivity contribution in [3.8, 4) is 0 Å². The molecule has 108 valence electrons. The Morgan fingerprint density at radius 3 is 2.80 bits per heavy atom. The summed E-state index contributed by atoms with van der Waals surface area (Å²) < 4.78 is 27.6. The summed E-state index contributed by atoms with van der Waals surface area (Å²) in [6.07, 6.45) is 0. The molecule has 2 aromatic heterocycles. The minimum absolute atomic E-state index is 0.157. The first-order chi connectivity index (χ1) is 9.42. The van der Waals surface area contributed by atoms with Crippen LogP contribution in [0.25, 0.3) is 0 Å². The van der Waals surface area contributed by atoms with Gasteiger partial charge in [0.1, 0.15) is 4.90 Å². The molecule has 0 saturated carbocycles. The summed E-state index contributed by atoms with van der Waals surface area (Å²) in [5.74, 6) is 0. The van der Waals surface area contributed by atoms with E-state index in [4.69, 9.17) is 5.73 Å². The molecule has 0 atom stereocenters. The van der Waals surface area contributed by atoms with Crippen molar-refractivity contribution >= 4 is 37.3 Å². The first kappa shape index (κ1) is 15.6. The van der Waals surface area contributed by atoms with Gasteiger partial charge >= 0.3 is 0 Å². The van der Waals surface area contributed by atoms with Crippen molar-refractivity contribution in [3.05, 3.63) is 44.3 Å². The van der Waals surface area contributed by atoms with E-state index in [2.05, 4.69) is 25.6 Å². The highest BCUT2D eigenvalue weighted by Crippen LogP contribution is 2.31. The normalized spacial score (nSPS) is 11.8. The molecule has 0 aliphatic carbocycles. The zero-order valence-electron chi connectivity index (χ0n) is 10.8. The number of sulfonamides is 1. The fraction of sp³-hybridized carbons (Fsp3) is 0.250. The Kier molecular flexibility index (Phi) is 4.92. The van der Waals surface area contributed by atoms with E-state index in [0.717, 1.165) is 10.6 Å². The van der Waals surface area contributed by atoms with Gasteiger partial charge in [0.15, 0.2) is 0 Å². The number of halogens is 1. The molecule has 0 unspecified atom stereocenters. The monoisotopic (exact) mass is 375 g/mol. The third-order valence-electron chi connectivity index (χ3n) is 2.59. The molecular formula is C12H14BrN3O2S2. The molecule has 3 N–H and O–H groups in total. The number of thiophene rings is 1. The Morgan fingerprint density at radius 2 is 2.20 bits per heavy atom. The van der Waals surface area contributed by atoms with Gasteiger partial charge in [-0.3, -0.25) is 4.98 Å². The van der Waals surface area contributed by atoms with E-state index in [9.17, 15) is 8.42 Å². The van der Waals surface area contributed by atoms with Crippen LogP contribution in [0.4, 0.5) is 0 Å². The zero-order chi connectivity index (χ0) is 14.8. The molecule has 0 saturated heterocycles. The van der Waals surface area contributed by atoms with Crippen molar-refractivity contribution in [1.29, 1.82) is 0 Å². The third-order valence-corrected chi connectivity index (χ3v) is 6.26. The summed E-state index contributed by atoms with van der Waals surface area (Å²) in [5.41, 5.74) is 7.05. The van der Waals surface area contributed by atoms with Crippen LogP contribution < -0.4 is 10.5 Å². The highest BCUT2D eigenvalue weighted by Gasteiger charge is 2.20. The number of nitrogens with zero attached hydrogens (tertiary/aromatic N) is 1. The van der Waals surface area contributed by atoms with Crippen molar-refractivity contribution in [2.75, 3.05) is 0 Å². The smallest absolute Gasteiger partial charge is 0.242 e. The Labute approximate surface area is 130 Å². The minimum atomic E-state index is -3.57. The standard InChI is InChI=1S/C12H14BrN3O2S2/c1-8-3-2-4-9(16-8)7-15-20(17,18)11-5-10(6-14)19-12(11)13/h2-5,15H,6-7,14H2,1H3. The number of pyridine rings is 1. The molecule has 0 spiro atoms. The van der Waals surface area contributed by atoms with Crippen LogP contribution >= 0.6 is 27.3 Å². The van der Waals surface area contributed by atoms with E-state index in [0.29, 0.717) is 16.0 Å². The van der Waals surface area contributed by atoms with Gasteiger partial charge in [0.05, 0.1) is 16.0 Å². The predicted octanol–water partition coefficient (Wildman–Crippen LogP) is 2.15. The topological polar surface area (TPSA) is 85.1 Å². The molecule has 0 aromatic carbocycles. The average molecular weight is 376 g/mol. The second kappa shape index (κ2) is 6.31. The lowest BCUT2D eigenvalue weighted by molar-refractivity contribution is 0.580. The van der Waals surface area contributed by atoms with E-state index in [-0.39, 0.29) is 11.4 Å². The van der Waals surface area contributed by atoms with Gasteiger partial charge in [0, 0.05) is 17.1 Å². The lowest BCUT2D eigenvalue weighted by Crippen LogP contribution is -2.23. The number of aromatic nitrogens is 1. The average Bonchev–Trinajstić information content (AvgIpc) is 2.79. The van der Waals surface area contributed by atoms with Crippen molar-refractivity contribution in [1.82, 2.24) is 9.71 Å². The summed E-state index contributed by atoms with van der Waals surface area (Å²) in [6.45, 7) is 2.34. The van der Waals surface area contributed by atoms with Crippen molar-refractivity contribution in [2.45, 2.75) is 24.9 Å². The first-order valence-corrected chi connectivity index (χ1v) is 8.92. The largest absolute Gasteiger partial charge is 0.326 e. The second-order valence-electron chi connectivity index (χ2n) is 4.15. The number of nitrogens with one attached hydrogen (secondary N) is 1. The first-order valence-electron chi connectivity index (χ1n) is 5.83. The molecule has 2 heterocycles. The van der Waals surface area contributed by atoms with Crippen LogP contribution in [-0.4, -0.2) is 13.4 Å². The van der Waals surface area contributed by atoms with Crippen LogP contribution in [0.2, 0.25) is 0 Å². The quantitative estimate of drug-likeness (QED) is 0.838. The van der Waals surface area contributed by atoms with Gasteiger partial charge < -0.3 is 5.73 Å². The summed E-state index contributed by atoms with van der Waals surface area (Å²) in [6, 6.07) is 7.07. The second-order valence-corrected chi connectivity index (χ2v) is 8.34. The Morgan fingerprint density at radius 1 is 1.45 bits per heavy atom. The van der Waals surface area contributed by atoms with Gasteiger partial charge in [0.25, 0.3) is 0 Å². The zero-order valence-corrected chi connectivity index (χ0v) is 14.0. The van der Waals surface area contributed by atoms with Crippen LogP contribution in [0.5, 0.6) is 0 Å². The molecule has 0 radical (unpaired) electrons. The maximum Gasteiger partial charge on any atom is 0.242 e. The van der Waals surface area contributed by atoms with Gasteiger partial charge in [-0.2, -0.15) is 0 Å². The number of aryl methyl sites for hydroxylation is 1. The summed E-state index contributed by atoms with van der Waals surface area (Å²) >= 11 is 4.58. The van der Waals surface area contributed by atoms with Crippen LogP contribution in [0.3, 0.4) is 0 Å². The number of hydrogen-bond donors (Lipinski definition) is 2. The maximum absolute atomic E-state index is 12.2. The van der Waals surface area contributed by atoms with E-state index in [1.807, 2.05) is 19.1 Å². The lowest BCUT2D eigenvalue weighted by atomic mass is 10.3. The highest BCUT2D eigenvalue weighted by molar-refractivity contribution is 9.11. The fourth-order valence-electron chi connectivity index (χ4n) is 1.63. The van der Waals surface area contributed by atoms with Gasteiger partial charge in [0.2, 0.25) is 10.0 Å². The van der Waals surface area contributed by atoms with E-state index >= 15 is 0 Å². The molecule has 0 amide bonds. The molecule has 0 bridgehead atoms. The molecule has 0 aliphatic rings. The third kappa shape index (κ3) is 3.64. The van der Waals surface area contributed by atoms with E-state index < -0.39 is 10.0 Å². The van der Waals surface area contributed by atoms with Crippen molar-refractivity contribution in [2.24, 2.45) is 5.73 Å². The molecule has 5 nitrogen and oxygen atoms in total. The van der Waals surface area contributed by atoms with Crippen molar-refractivity contribution in [3.63, 3.8) is 0 Å². The van der Waals surface area contributed by atoms with Gasteiger partial charge in [-0.25, -0.2) is 13.1 Å². The maximum atomic E-state index is 12.2. The van der Waals surface area contributed by atoms with Gasteiger partial charge in [-0.1, -0.05) is 6.07 Å². The lowest BCUT2D eigenvalue weighted by Gasteiger charge is -2.06.